The number of rotatable bonds is 4. The van der Waals surface area contributed by atoms with E-state index in [-0.39, 0.29) is 5.91 Å². The van der Waals surface area contributed by atoms with Gasteiger partial charge in [0.25, 0.3) is 5.91 Å². The SMILES string of the molecule is COc1ccc(N2CCN(C(=O)c3ccc(-n4ccnc4C)nn3)CC2)cc1. The van der Waals surface area contributed by atoms with Crippen molar-refractivity contribution in [3.63, 3.8) is 0 Å². The number of hydrogen-bond donors (Lipinski definition) is 0. The van der Waals surface area contributed by atoms with Gasteiger partial charge in [0.2, 0.25) is 0 Å². The minimum Gasteiger partial charge on any atom is -0.497 e. The van der Waals surface area contributed by atoms with Crippen LogP contribution in [-0.2, 0) is 0 Å². The lowest BCUT2D eigenvalue weighted by molar-refractivity contribution is 0.0739. The van der Waals surface area contributed by atoms with E-state index in [2.05, 4.69) is 20.1 Å². The van der Waals surface area contributed by atoms with Crippen LogP contribution in [0.2, 0.25) is 0 Å². The highest BCUT2D eigenvalue weighted by Crippen LogP contribution is 2.21. The Balaban J connectivity index is 1.39. The average molecular weight is 378 g/mol. The predicted molar refractivity (Wildman–Crippen MR) is 105 cm³/mol. The van der Waals surface area contributed by atoms with Gasteiger partial charge in [-0.25, -0.2) is 4.98 Å². The Hall–Kier alpha value is -3.42. The number of piperazine rings is 1. The smallest absolute Gasteiger partial charge is 0.274 e. The number of ether oxygens (including phenoxy) is 1. The fourth-order valence-electron chi connectivity index (χ4n) is 3.31. The molecule has 0 aliphatic carbocycles. The van der Waals surface area contributed by atoms with Crippen molar-refractivity contribution in [2.45, 2.75) is 6.92 Å². The van der Waals surface area contributed by atoms with E-state index in [9.17, 15) is 4.79 Å². The highest BCUT2D eigenvalue weighted by molar-refractivity contribution is 5.92. The fourth-order valence-corrected chi connectivity index (χ4v) is 3.31. The second-order valence-electron chi connectivity index (χ2n) is 6.60. The maximum absolute atomic E-state index is 12.8. The summed E-state index contributed by atoms with van der Waals surface area (Å²) >= 11 is 0. The van der Waals surface area contributed by atoms with Gasteiger partial charge in [0.1, 0.15) is 11.6 Å². The predicted octanol–water partition coefficient (Wildman–Crippen LogP) is 1.94. The number of methoxy groups -OCH3 is 1. The van der Waals surface area contributed by atoms with Crippen molar-refractivity contribution in [1.29, 1.82) is 0 Å². The summed E-state index contributed by atoms with van der Waals surface area (Å²) in [5.41, 5.74) is 1.49. The molecule has 0 bridgehead atoms. The third kappa shape index (κ3) is 3.53. The van der Waals surface area contributed by atoms with Crippen LogP contribution in [0.25, 0.3) is 5.82 Å². The van der Waals surface area contributed by atoms with E-state index < -0.39 is 0 Å². The lowest BCUT2D eigenvalue weighted by Crippen LogP contribution is -2.49. The molecular formula is C20H22N6O2. The molecule has 8 nitrogen and oxygen atoms in total. The summed E-state index contributed by atoms with van der Waals surface area (Å²) in [5.74, 6) is 2.22. The Morgan fingerprint density at radius 3 is 2.32 bits per heavy atom. The molecule has 0 atom stereocenters. The lowest BCUT2D eigenvalue weighted by Gasteiger charge is -2.36. The van der Waals surface area contributed by atoms with Crippen LogP contribution in [-0.4, -0.2) is 63.8 Å². The highest BCUT2D eigenvalue weighted by atomic mass is 16.5. The van der Waals surface area contributed by atoms with Crippen molar-refractivity contribution in [2.75, 3.05) is 38.2 Å². The van der Waals surface area contributed by atoms with Crippen LogP contribution >= 0.6 is 0 Å². The molecule has 4 rings (SSSR count). The molecule has 1 amide bonds. The Kier molecular flexibility index (Phi) is 4.92. The van der Waals surface area contributed by atoms with Crippen molar-refractivity contribution in [3.8, 4) is 11.6 Å². The summed E-state index contributed by atoms with van der Waals surface area (Å²) in [5, 5.41) is 8.31. The van der Waals surface area contributed by atoms with E-state index in [1.54, 1.807) is 25.4 Å². The van der Waals surface area contributed by atoms with Crippen molar-refractivity contribution in [1.82, 2.24) is 24.6 Å². The van der Waals surface area contributed by atoms with Crippen molar-refractivity contribution in [3.05, 3.63) is 60.3 Å². The molecule has 0 spiro atoms. The molecule has 3 heterocycles. The van der Waals surface area contributed by atoms with Gasteiger partial charge in [0.05, 0.1) is 7.11 Å². The summed E-state index contributed by atoms with van der Waals surface area (Å²) in [6.07, 6.45) is 3.53. The molecular weight excluding hydrogens is 356 g/mol. The van der Waals surface area contributed by atoms with Crippen LogP contribution in [0.5, 0.6) is 5.75 Å². The number of anilines is 1. The van der Waals surface area contributed by atoms with E-state index in [4.69, 9.17) is 4.74 Å². The molecule has 1 aliphatic heterocycles. The maximum atomic E-state index is 12.8. The zero-order valence-electron chi connectivity index (χ0n) is 15.9. The minimum atomic E-state index is -0.0872. The van der Waals surface area contributed by atoms with Gasteiger partial charge in [-0.2, -0.15) is 0 Å². The van der Waals surface area contributed by atoms with Gasteiger partial charge in [-0.1, -0.05) is 0 Å². The van der Waals surface area contributed by atoms with Gasteiger partial charge in [-0.3, -0.25) is 9.36 Å². The van der Waals surface area contributed by atoms with Crippen LogP contribution < -0.4 is 9.64 Å². The highest BCUT2D eigenvalue weighted by Gasteiger charge is 2.23. The van der Waals surface area contributed by atoms with Crippen LogP contribution in [0.3, 0.4) is 0 Å². The Morgan fingerprint density at radius 1 is 1.00 bits per heavy atom. The average Bonchev–Trinajstić information content (AvgIpc) is 3.19. The Labute approximate surface area is 163 Å². The summed E-state index contributed by atoms with van der Waals surface area (Å²) < 4.78 is 7.03. The monoisotopic (exact) mass is 378 g/mol. The Morgan fingerprint density at radius 2 is 1.75 bits per heavy atom. The molecule has 1 saturated heterocycles. The molecule has 1 aliphatic rings. The first-order valence-corrected chi connectivity index (χ1v) is 9.18. The van der Waals surface area contributed by atoms with Crippen molar-refractivity contribution in [2.24, 2.45) is 0 Å². The number of amides is 1. The molecule has 0 saturated carbocycles. The van der Waals surface area contributed by atoms with Gasteiger partial charge >= 0.3 is 0 Å². The molecule has 8 heteroatoms. The molecule has 1 fully saturated rings. The van der Waals surface area contributed by atoms with Crippen molar-refractivity contribution >= 4 is 11.6 Å². The standard InChI is InChI=1S/C20H22N6O2/c1-15-21-9-10-26(15)19-8-7-18(22-23-19)20(27)25-13-11-24(12-14-25)16-3-5-17(28-2)6-4-16/h3-10H,11-14H2,1-2H3. The van der Waals surface area contributed by atoms with Gasteiger partial charge in [-0.05, 0) is 43.3 Å². The zero-order valence-corrected chi connectivity index (χ0v) is 15.9. The van der Waals surface area contributed by atoms with E-state index in [1.807, 2.05) is 46.9 Å². The van der Waals surface area contributed by atoms with Gasteiger partial charge in [0.15, 0.2) is 11.5 Å². The number of aryl methyl sites for hydroxylation is 1. The van der Waals surface area contributed by atoms with Gasteiger partial charge < -0.3 is 14.5 Å². The zero-order chi connectivity index (χ0) is 19.5. The molecule has 3 aromatic rings. The first-order chi connectivity index (χ1) is 13.7. The van der Waals surface area contributed by atoms with E-state index >= 15 is 0 Å². The van der Waals surface area contributed by atoms with Crippen LogP contribution in [0.4, 0.5) is 5.69 Å². The van der Waals surface area contributed by atoms with Crippen LogP contribution in [0, 0.1) is 6.92 Å². The number of benzene rings is 1. The van der Waals surface area contributed by atoms with E-state index in [1.165, 1.54) is 0 Å². The third-order valence-electron chi connectivity index (χ3n) is 4.95. The molecule has 1 aromatic carbocycles. The van der Waals surface area contributed by atoms with Gasteiger partial charge in [0, 0.05) is 44.3 Å². The number of carbonyl (C=O) groups excluding carboxylic acids is 1. The summed E-state index contributed by atoms with van der Waals surface area (Å²) in [4.78, 5) is 21.0. The number of aromatic nitrogens is 4. The lowest BCUT2D eigenvalue weighted by atomic mass is 10.2. The first-order valence-electron chi connectivity index (χ1n) is 9.18. The number of hydrogen-bond acceptors (Lipinski definition) is 6. The number of nitrogens with zero attached hydrogens (tertiary/aromatic N) is 6. The summed E-state index contributed by atoms with van der Waals surface area (Å²) in [6.45, 7) is 4.74. The topological polar surface area (TPSA) is 76.4 Å². The van der Waals surface area contributed by atoms with Gasteiger partial charge in [-0.15, -0.1) is 10.2 Å². The second kappa shape index (κ2) is 7.67. The molecule has 0 unspecified atom stereocenters. The summed E-state index contributed by atoms with van der Waals surface area (Å²) in [7, 11) is 1.66. The van der Waals surface area contributed by atoms with E-state index in [0.29, 0.717) is 24.6 Å². The van der Waals surface area contributed by atoms with Crippen LogP contribution in [0.15, 0.2) is 48.8 Å². The number of carbonyl (C=O) groups is 1. The normalized spacial score (nSPS) is 14.2. The van der Waals surface area contributed by atoms with Crippen LogP contribution in [0.1, 0.15) is 16.3 Å². The Bertz CT molecular complexity index is 944. The molecule has 28 heavy (non-hydrogen) atoms. The largest absolute Gasteiger partial charge is 0.497 e. The maximum Gasteiger partial charge on any atom is 0.274 e. The second-order valence-corrected chi connectivity index (χ2v) is 6.60. The minimum absolute atomic E-state index is 0.0872. The molecule has 0 N–H and O–H groups in total. The molecule has 2 aromatic heterocycles. The summed E-state index contributed by atoms with van der Waals surface area (Å²) in [6, 6.07) is 11.5. The van der Waals surface area contributed by atoms with E-state index in [0.717, 1.165) is 30.4 Å². The molecule has 0 radical (unpaired) electrons. The third-order valence-corrected chi connectivity index (χ3v) is 4.95. The fraction of sp³-hybridized carbons (Fsp3) is 0.300. The first kappa shape index (κ1) is 18.0. The number of imidazole rings is 1. The molecule has 144 valence electrons. The van der Waals surface area contributed by atoms with Crippen molar-refractivity contribution < 1.29 is 9.53 Å². The quantitative estimate of drug-likeness (QED) is 0.691.